The van der Waals surface area contributed by atoms with Crippen LogP contribution in [-0.4, -0.2) is 10.1 Å². The predicted octanol–water partition coefficient (Wildman–Crippen LogP) is 3.26. The minimum absolute atomic E-state index is 0.220. The quantitative estimate of drug-likeness (QED) is 0.891. The number of hydrogen-bond donors (Lipinski definition) is 1. The zero-order valence-corrected chi connectivity index (χ0v) is 9.28. The molecule has 5 heteroatoms. The van der Waals surface area contributed by atoms with Crippen molar-refractivity contribution in [3.8, 4) is 11.3 Å². The molecule has 0 atom stereocenters. The molecular weight excluding hydrogens is 243 g/mol. The summed E-state index contributed by atoms with van der Waals surface area (Å²) in [4.78, 5) is 3.60. The van der Waals surface area contributed by atoms with E-state index in [1.54, 1.807) is 30.3 Å². The first-order chi connectivity index (χ1) is 8.52. The average Bonchev–Trinajstić information content (AvgIpc) is 2.38. The number of pyridine rings is 1. The summed E-state index contributed by atoms with van der Waals surface area (Å²) in [6.45, 7) is -0.684. The summed E-state index contributed by atoms with van der Waals surface area (Å²) in [7, 11) is 0. The second kappa shape index (κ2) is 4.78. The number of rotatable bonds is 2. The van der Waals surface area contributed by atoms with Crippen LogP contribution >= 0.6 is 0 Å². The highest BCUT2D eigenvalue weighted by Crippen LogP contribution is 2.32. The third kappa shape index (κ3) is 2.51. The van der Waals surface area contributed by atoms with Crippen LogP contribution < -0.4 is 0 Å². The molecule has 1 N–H and O–H groups in total. The molecule has 0 bridgehead atoms. The zero-order valence-electron chi connectivity index (χ0n) is 9.28. The van der Waals surface area contributed by atoms with E-state index in [9.17, 15) is 13.2 Å². The van der Waals surface area contributed by atoms with Crippen LogP contribution in [0.3, 0.4) is 0 Å². The highest BCUT2D eigenvalue weighted by molar-refractivity contribution is 5.59. The summed E-state index contributed by atoms with van der Waals surface area (Å²) in [6.07, 6.45) is -4.57. The molecule has 1 aromatic heterocycles. The van der Waals surface area contributed by atoms with Crippen molar-refractivity contribution in [3.05, 3.63) is 53.7 Å². The summed E-state index contributed by atoms with van der Waals surface area (Å²) < 4.78 is 38.3. The molecule has 0 aliphatic rings. The average molecular weight is 253 g/mol. The Morgan fingerprint density at radius 1 is 1.00 bits per heavy atom. The molecule has 1 aromatic carbocycles. The van der Waals surface area contributed by atoms with E-state index in [1.165, 1.54) is 12.1 Å². The lowest BCUT2D eigenvalue weighted by molar-refractivity contribution is -0.142. The summed E-state index contributed by atoms with van der Waals surface area (Å²) in [5, 5.41) is 8.90. The normalized spacial score (nSPS) is 11.6. The fourth-order valence-electron chi connectivity index (χ4n) is 1.63. The van der Waals surface area contributed by atoms with Gasteiger partial charge in [-0.15, -0.1) is 0 Å². The number of alkyl halides is 3. The van der Waals surface area contributed by atoms with E-state index in [0.29, 0.717) is 5.56 Å². The highest BCUT2D eigenvalue weighted by atomic mass is 19.4. The maximum absolute atomic E-state index is 12.8. The molecule has 2 rings (SSSR count). The third-order valence-corrected chi connectivity index (χ3v) is 2.49. The fourth-order valence-corrected chi connectivity index (χ4v) is 1.63. The van der Waals surface area contributed by atoms with E-state index in [2.05, 4.69) is 4.98 Å². The van der Waals surface area contributed by atoms with Gasteiger partial charge in [-0.1, -0.05) is 36.4 Å². The highest BCUT2D eigenvalue weighted by Gasteiger charge is 2.35. The van der Waals surface area contributed by atoms with Gasteiger partial charge in [-0.2, -0.15) is 13.2 Å². The van der Waals surface area contributed by atoms with Crippen molar-refractivity contribution in [3.63, 3.8) is 0 Å². The Morgan fingerprint density at radius 2 is 1.67 bits per heavy atom. The molecule has 94 valence electrons. The lowest BCUT2D eigenvalue weighted by atomic mass is 10.1. The van der Waals surface area contributed by atoms with Gasteiger partial charge in [-0.05, 0) is 6.07 Å². The number of aromatic nitrogens is 1. The van der Waals surface area contributed by atoms with Crippen LogP contribution in [0.5, 0.6) is 0 Å². The van der Waals surface area contributed by atoms with E-state index in [4.69, 9.17) is 5.11 Å². The molecule has 2 nitrogen and oxygen atoms in total. The van der Waals surface area contributed by atoms with Gasteiger partial charge in [0.1, 0.15) is 0 Å². The Balaban J connectivity index is 2.53. The van der Waals surface area contributed by atoms with Crippen LogP contribution in [0.2, 0.25) is 0 Å². The Kier molecular flexibility index (Phi) is 3.34. The topological polar surface area (TPSA) is 33.1 Å². The maximum atomic E-state index is 12.8. The van der Waals surface area contributed by atoms with Gasteiger partial charge in [0.05, 0.1) is 12.3 Å². The summed E-state index contributed by atoms with van der Waals surface area (Å²) >= 11 is 0. The molecule has 0 fully saturated rings. The predicted molar refractivity (Wildman–Crippen MR) is 60.6 cm³/mol. The Morgan fingerprint density at radius 3 is 2.22 bits per heavy atom. The second-order valence-electron chi connectivity index (χ2n) is 3.73. The molecule has 2 aromatic rings. The van der Waals surface area contributed by atoms with E-state index < -0.39 is 18.5 Å². The number of hydrogen-bond acceptors (Lipinski definition) is 2. The van der Waals surface area contributed by atoms with Gasteiger partial charge >= 0.3 is 6.18 Å². The summed E-state index contributed by atoms with van der Waals surface area (Å²) in [5.74, 6) is 0. The molecule has 0 unspecified atom stereocenters. The molecule has 0 saturated heterocycles. The molecule has 1 heterocycles. The van der Waals surface area contributed by atoms with Crippen molar-refractivity contribution in [1.82, 2.24) is 4.98 Å². The maximum Gasteiger partial charge on any atom is 0.433 e. The van der Waals surface area contributed by atoms with Crippen molar-refractivity contribution < 1.29 is 18.3 Å². The largest absolute Gasteiger partial charge is 0.433 e. The van der Waals surface area contributed by atoms with Gasteiger partial charge in [0, 0.05) is 11.1 Å². The smallest absolute Gasteiger partial charge is 0.392 e. The lowest BCUT2D eigenvalue weighted by Crippen LogP contribution is -2.12. The van der Waals surface area contributed by atoms with Crippen LogP contribution in [0.25, 0.3) is 11.3 Å². The summed E-state index contributed by atoms with van der Waals surface area (Å²) in [6, 6.07) is 11.3. The van der Waals surface area contributed by atoms with Gasteiger partial charge in [0.15, 0.2) is 5.69 Å². The monoisotopic (exact) mass is 253 g/mol. The fraction of sp³-hybridized carbons (Fsp3) is 0.154. The molecule has 0 spiro atoms. The van der Waals surface area contributed by atoms with Crippen molar-refractivity contribution in [2.24, 2.45) is 0 Å². The van der Waals surface area contributed by atoms with Crippen LogP contribution in [0.4, 0.5) is 13.2 Å². The van der Waals surface area contributed by atoms with Gasteiger partial charge < -0.3 is 5.11 Å². The molecule has 0 amide bonds. The van der Waals surface area contributed by atoms with Crippen LogP contribution in [-0.2, 0) is 12.8 Å². The standard InChI is InChI=1S/C13H10F3NO/c14-13(15,16)12-10(8-18)6-7-11(17-12)9-4-2-1-3-5-9/h1-7,18H,8H2. The first kappa shape index (κ1) is 12.6. The Labute approximate surface area is 102 Å². The molecule has 0 radical (unpaired) electrons. The first-order valence-electron chi connectivity index (χ1n) is 5.26. The van der Waals surface area contributed by atoms with Crippen molar-refractivity contribution in [1.29, 1.82) is 0 Å². The SMILES string of the molecule is OCc1ccc(-c2ccccc2)nc1C(F)(F)F. The molecule has 0 aliphatic heterocycles. The van der Waals surface area contributed by atoms with Crippen LogP contribution in [0, 0.1) is 0 Å². The Hall–Kier alpha value is -1.88. The molecule has 0 saturated carbocycles. The minimum Gasteiger partial charge on any atom is -0.392 e. The van der Waals surface area contributed by atoms with Gasteiger partial charge in [-0.25, -0.2) is 4.98 Å². The van der Waals surface area contributed by atoms with Gasteiger partial charge in [0.25, 0.3) is 0 Å². The molecule has 18 heavy (non-hydrogen) atoms. The number of aliphatic hydroxyl groups is 1. The molecule has 0 aliphatic carbocycles. The van der Waals surface area contributed by atoms with E-state index in [1.807, 2.05) is 0 Å². The Bertz CT molecular complexity index is 538. The van der Waals surface area contributed by atoms with Crippen molar-refractivity contribution >= 4 is 0 Å². The third-order valence-electron chi connectivity index (χ3n) is 2.49. The second-order valence-corrected chi connectivity index (χ2v) is 3.73. The molecular formula is C13H10F3NO. The number of benzene rings is 1. The lowest BCUT2D eigenvalue weighted by Gasteiger charge is -2.12. The van der Waals surface area contributed by atoms with E-state index in [-0.39, 0.29) is 11.3 Å². The van der Waals surface area contributed by atoms with Crippen molar-refractivity contribution in [2.75, 3.05) is 0 Å². The minimum atomic E-state index is -4.57. The van der Waals surface area contributed by atoms with Crippen LogP contribution in [0.1, 0.15) is 11.3 Å². The number of aliphatic hydroxyl groups excluding tert-OH is 1. The van der Waals surface area contributed by atoms with E-state index >= 15 is 0 Å². The van der Waals surface area contributed by atoms with Gasteiger partial charge in [-0.3, -0.25) is 0 Å². The number of nitrogens with zero attached hydrogens (tertiary/aromatic N) is 1. The van der Waals surface area contributed by atoms with E-state index in [0.717, 1.165) is 0 Å². The first-order valence-corrected chi connectivity index (χ1v) is 5.26. The zero-order chi connectivity index (χ0) is 13.2. The number of halogens is 3. The van der Waals surface area contributed by atoms with Gasteiger partial charge in [0.2, 0.25) is 0 Å². The summed E-state index contributed by atoms with van der Waals surface area (Å²) in [5.41, 5.74) is -0.416. The van der Waals surface area contributed by atoms with Crippen molar-refractivity contribution in [2.45, 2.75) is 12.8 Å². The van der Waals surface area contributed by atoms with Crippen LogP contribution in [0.15, 0.2) is 42.5 Å².